The lowest BCUT2D eigenvalue weighted by Gasteiger charge is -2.36. The van der Waals surface area contributed by atoms with Gasteiger partial charge in [-0.3, -0.25) is 4.79 Å². The lowest BCUT2D eigenvalue weighted by atomic mass is 10.0. The van der Waals surface area contributed by atoms with E-state index >= 15 is 0 Å². The van der Waals surface area contributed by atoms with Crippen molar-refractivity contribution in [3.05, 3.63) is 70.5 Å². The Kier molecular flexibility index (Phi) is 4.41. The molecule has 5 rings (SSSR count). The van der Waals surface area contributed by atoms with Crippen LogP contribution in [0.3, 0.4) is 0 Å². The van der Waals surface area contributed by atoms with Crippen molar-refractivity contribution in [3.8, 4) is 0 Å². The topological polar surface area (TPSA) is 77.7 Å². The Morgan fingerprint density at radius 2 is 1.90 bits per heavy atom. The monoisotopic (exact) mass is 393 g/mol. The number of ether oxygens (including phenoxy) is 2. The van der Waals surface area contributed by atoms with E-state index in [1.807, 2.05) is 12.1 Å². The Hall–Kier alpha value is -3.03. The number of hydrogen-bond acceptors (Lipinski definition) is 5. The van der Waals surface area contributed by atoms with Crippen molar-refractivity contribution < 1.29 is 18.7 Å². The highest BCUT2D eigenvalue weighted by Crippen LogP contribution is 2.33. The number of hydrogen-bond donors (Lipinski definition) is 1. The van der Waals surface area contributed by atoms with E-state index in [2.05, 4.69) is 4.98 Å². The zero-order chi connectivity index (χ0) is 20.0. The maximum absolute atomic E-state index is 13.4. The van der Waals surface area contributed by atoms with E-state index in [1.165, 1.54) is 12.1 Å². The molecule has 1 fully saturated rings. The summed E-state index contributed by atoms with van der Waals surface area (Å²) < 4.78 is 24.5. The first-order valence-corrected chi connectivity index (χ1v) is 9.55. The normalized spacial score (nSPS) is 18.8. The molecule has 3 heterocycles. The zero-order valence-electron chi connectivity index (χ0n) is 15.7. The Morgan fingerprint density at radius 3 is 2.72 bits per heavy atom. The fraction of sp³-hybridized carbons (Fsp3) is 0.273. The third-order valence-electron chi connectivity index (χ3n) is 5.62. The van der Waals surface area contributed by atoms with Crippen LogP contribution in [0, 0.1) is 5.82 Å². The van der Waals surface area contributed by atoms with Crippen LogP contribution >= 0.6 is 0 Å². The third kappa shape index (κ3) is 3.12. The number of benzene rings is 2. The molecule has 148 valence electrons. The summed E-state index contributed by atoms with van der Waals surface area (Å²) in [6.45, 7) is 2.23. The summed E-state index contributed by atoms with van der Waals surface area (Å²) in [4.78, 5) is 19.6. The molecule has 1 unspecified atom stereocenters. The number of amides is 1. The quantitative estimate of drug-likeness (QED) is 0.724. The van der Waals surface area contributed by atoms with Crippen LogP contribution in [-0.2, 0) is 22.7 Å². The summed E-state index contributed by atoms with van der Waals surface area (Å²) >= 11 is 0. The Labute approximate surface area is 167 Å². The van der Waals surface area contributed by atoms with Crippen LogP contribution < -0.4 is 5.73 Å². The predicted octanol–water partition coefficient (Wildman–Crippen LogP) is 3.20. The number of aromatic nitrogens is 1. The van der Waals surface area contributed by atoms with Crippen LogP contribution in [0.1, 0.15) is 33.1 Å². The van der Waals surface area contributed by atoms with E-state index in [-0.39, 0.29) is 17.8 Å². The molecular formula is C22H20FN3O3. The predicted molar refractivity (Wildman–Crippen MR) is 106 cm³/mol. The van der Waals surface area contributed by atoms with Gasteiger partial charge in [0.2, 0.25) is 0 Å². The summed E-state index contributed by atoms with van der Waals surface area (Å²) in [5, 5.41) is 0.893. The SMILES string of the molecule is Nc1nc2ccc(C(=O)N3CCOCC3c3ccc(F)cc3)cc2c2c1COC2. The van der Waals surface area contributed by atoms with Crippen LogP contribution in [0.2, 0.25) is 0 Å². The standard InChI is InChI=1S/C22H20FN3O3/c23-15-4-1-13(2-5-15)20-12-28-8-7-26(20)22(27)14-3-6-19-16(9-14)17-10-29-11-18(17)21(24)25-19/h1-6,9,20H,7-8,10-12H2,(H2,24,25). The van der Waals surface area contributed by atoms with Crippen molar-refractivity contribution in [2.24, 2.45) is 0 Å². The minimum absolute atomic E-state index is 0.0889. The molecule has 1 aromatic heterocycles. The molecule has 0 aliphatic carbocycles. The fourth-order valence-corrected chi connectivity index (χ4v) is 4.08. The van der Waals surface area contributed by atoms with Crippen molar-refractivity contribution in [2.75, 3.05) is 25.5 Å². The number of pyridine rings is 1. The fourth-order valence-electron chi connectivity index (χ4n) is 4.08. The van der Waals surface area contributed by atoms with Crippen molar-refractivity contribution in [3.63, 3.8) is 0 Å². The Morgan fingerprint density at radius 1 is 1.10 bits per heavy atom. The summed E-state index contributed by atoms with van der Waals surface area (Å²) in [5.41, 5.74) is 10.1. The van der Waals surface area contributed by atoms with Gasteiger partial charge in [0.05, 0.1) is 38.0 Å². The van der Waals surface area contributed by atoms with Crippen molar-refractivity contribution in [1.82, 2.24) is 9.88 Å². The van der Waals surface area contributed by atoms with Crippen molar-refractivity contribution >= 4 is 22.6 Å². The first-order valence-electron chi connectivity index (χ1n) is 9.55. The largest absolute Gasteiger partial charge is 0.383 e. The number of carbonyl (C=O) groups excluding carboxylic acids is 1. The van der Waals surface area contributed by atoms with E-state index < -0.39 is 0 Å². The molecule has 3 aromatic rings. The summed E-state index contributed by atoms with van der Waals surface area (Å²) in [6, 6.07) is 11.4. The summed E-state index contributed by atoms with van der Waals surface area (Å²) in [7, 11) is 0. The first-order chi connectivity index (χ1) is 14.1. The zero-order valence-corrected chi connectivity index (χ0v) is 15.7. The molecule has 2 aromatic carbocycles. The van der Waals surface area contributed by atoms with E-state index in [0.717, 1.165) is 27.6 Å². The van der Waals surface area contributed by atoms with Crippen LogP contribution in [0.25, 0.3) is 10.9 Å². The molecule has 7 heteroatoms. The molecule has 1 atom stereocenters. The molecule has 6 nitrogen and oxygen atoms in total. The molecular weight excluding hydrogens is 373 g/mol. The molecule has 0 bridgehead atoms. The second kappa shape index (κ2) is 7.09. The van der Waals surface area contributed by atoms with Gasteiger partial charge in [0.1, 0.15) is 11.6 Å². The van der Waals surface area contributed by atoms with Gasteiger partial charge in [-0.1, -0.05) is 12.1 Å². The van der Waals surface area contributed by atoms with E-state index in [1.54, 1.807) is 23.1 Å². The maximum atomic E-state index is 13.4. The highest BCUT2D eigenvalue weighted by molar-refractivity contribution is 5.99. The van der Waals surface area contributed by atoms with Crippen molar-refractivity contribution in [2.45, 2.75) is 19.3 Å². The number of anilines is 1. The van der Waals surface area contributed by atoms with Gasteiger partial charge in [-0.2, -0.15) is 0 Å². The molecule has 2 aliphatic heterocycles. The molecule has 1 amide bonds. The molecule has 2 aliphatic rings. The number of nitrogen functional groups attached to an aromatic ring is 1. The average Bonchev–Trinajstić information content (AvgIpc) is 3.25. The minimum Gasteiger partial charge on any atom is -0.383 e. The van der Waals surface area contributed by atoms with Gasteiger partial charge in [0, 0.05) is 23.1 Å². The van der Waals surface area contributed by atoms with Gasteiger partial charge in [-0.25, -0.2) is 9.37 Å². The van der Waals surface area contributed by atoms with Gasteiger partial charge in [0.15, 0.2) is 0 Å². The second-order valence-electron chi connectivity index (χ2n) is 7.32. The number of fused-ring (bicyclic) bond motifs is 3. The van der Waals surface area contributed by atoms with Gasteiger partial charge in [0.25, 0.3) is 5.91 Å². The van der Waals surface area contributed by atoms with E-state index in [4.69, 9.17) is 15.2 Å². The molecule has 0 spiro atoms. The first kappa shape index (κ1) is 18.0. The second-order valence-corrected chi connectivity index (χ2v) is 7.32. The molecule has 1 saturated heterocycles. The number of carbonyl (C=O) groups is 1. The lowest BCUT2D eigenvalue weighted by molar-refractivity contribution is -0.00270. The number of nitrogens with two attached hydrogens (primary N) is 1. The van der Waals surface area contributed by atoms with Gasteiger partial charge in [-0.05, 0) is 41.5 Å². The number of morpholine rings is 1. The average molecular weight is 393 g/mol. The molecule has 29 heavy (non-hydrogen) atoms. The van der Waals surface area contributed by atoms with Gasteiger partial charge in [-0.15, -0.1) is 0 Å². The van der Waals surface area contributed by atoms with Crippen LogP contribution in [0.4, 0.5) is 10.2 Å². The lowest BCUT2D eigenvalue weighted by Crippen LogP contribution is -2.43. The van der Waals surface area contributed by atoms with E-state index in [9.17, 15) is 9.18 Å². The van der Waals surface area contributed by atoms with E-state index in [0.29, 0.717) is 44.4 Å². The number of halogens is 1. The third-order valence-corrected chi connectivity index (χ3v) is 5.62. The minimum atomic E-state index is -0.305. The number of rotatable bonds is 2. The molecule has 0 saturated carbocycles. The highest BCUT2D eigenvalue weighted by Gasteiger charge is 2.30. The van der Waals surface area contributed by atoms with Gasteiger partial charge < -0.3 is 20.1 Å². The Bertz CT molecular complexity index is 1100. The molecule has 2 N–H and O–H groups in total. The van der Waals surface area contributed by atoms with Gasteiger partial charge >= 0.3 is 0 Å². The summed E-state index contributed by atoms with van der Waals surface area (Å²) in [6.07, 6.45) is 0. The smallest absolute Gasteiger partial charge is 0.254 e. The van der Waals surface area contributed by atoms with Crippen LogP contribution in [0.5, 0.6) is 0 Å². The van der Waals surface area contributed by atoms with Crippen LogP contribution in [0.15, 0.2) is 42.5 Å². The maximum Gasteiger partial charge on any atom is 0.254 e. The molecule has 0 radical (unpaired) electrons. The Balaban J connectivity index is 1.52. The van der Waals surface area contributed by atoms with Crippen molar-refractivity contribution in [1.29, 1.82) is 0 Å². The summed E-state index contributed by atoms with van der Waals surface area (Å²) in [5.74, 6) is 0.0865. The number of nitrogens with zero attached hydrogens (tertiary/aromatic N) is 2. The van der Waals surface area contributed by atoms with Crippen LogP contribution in [-0.4, -0.2) is 35.5 Å². The highest BCUT2D eigenvalue weighted by atomic mass is 19.1.